The molecule has 9 nitrogen and oxygen atoms in total. The maximum absolute atomic E-state index is 12.9. The third-order valence-corrected chi connectivity index (χ3v) is 6.44. The van der Waals surface area contributed by atoms with E-state index in [4.69, 9.17) is 4.74 Å². The number of nitriles is 1. The van der Waals surface area contributed by atoms with Crippen molar-refractivity contribution < 1.29 is 14.3 Å². The van der Waals surface area contributed by atoms with Crippen molar-refractivity contribution in [3.63, 3.8) is 0 Å². The van der Waals surface area contributed by atoms with E-state index in [-0.39, 0.29) is 41.4 Å². The SMILES string of the molecule is C=CCOC(=O)/C(C#N)=c1\s/c(=C/Nc2cccc(NC(=O)CN(C)Cc3ccccc3)c2)c(=O)n1CC. The summed E-state index contributed by atoms with van der Waals surface area (Å²) in [7, 11) is 1.88. The Morgan fingerprint density at radius 3 is 2.61 bits per heavy atom. The second kappa shape index (κ2) is 13.7. The molecule has 0 atom stereocenters. The Hall–Kier alpha value is -4.46. The van der Waals surface area contributed by atoms with Crippen LogP contribution in [0.2, 0.25) is 0 Å². The molecule has 0 unspecified atom stereocenters. The number of rotatable bonds is 11. The first kappa shape index (κ1) is 28.1. The molecule has 2 aromatic carbocycles. The zero-order valence-electron chi connectivity index (χ0n) is 21.3. The molecular formula is C28H29N5O4S. The molecule has 38 heavy (non-hydrogen) atoms. The van der Waals surface area contributed by atoms with Crippen molar-refractivity contribution in [1.29, 1.82) is 5.26 Å². The van der Waals surface area contributed by atoms with Crippen LogP contribution in [0.3, 0.4) is 0 Å². The Labute approximate surface area is 224 Å². The molecule has 3 aromatic rings. The molecule has 1 aromatic heterocycles. The number of benzene rings is 2. The van der Waals surface area contributed by atoms with Gasteiger partial charge >= 0.3 is 5.97 Å². The summed E-state index contributed by atoms with van der Waals surface area (Å²) in [6.45, 7) is 6.35. The van der Waals surface area contributed by atoms with Crippen LogP contribution in [0.15, 0.2) is 72.0 Å². The topological polar surface area (TPSA) is 116 Å². The van der Waals surface area contributed by atoms with Crippen LogP contribution in [0.5, 0.6) is 0 Å². The Kier molecular flexibility index (Phi) is 10.2. The lowest BCUT2D eigenvalue weighted by molar-refractivity contribution is -0.135. The molecule has 1 heterocycles. The van der Waals surface area contributed by atoms with Crippen molar-refractivity contribution in [3.8, 4) is 6.07 Å². The number of likely N-dealkylation sites (N-methyl/N-ethyl adjacent to an activating group) is 1. The fourth-order valence-electron chi connectivity index (χ4n) is 3.61. The van der Waals surface area contributed by atoms with Gasteiger partial charge in [0.15, 0.2) is 5.57 Å². The molecule has 0 bridgehead atoms. The molecule has 0 saturated heterocycles. The first-order valence-electron chi connectivity index (χ1n) is 11.9. The number of nitrogens with one attached hydrogen (secondary N) is 2. The molecule has 0 fully saturated rings. The minimum absolute atomic E-state index is 0.0392. The first-order chi connectivity index (χ1) is 18.4. The number of thiazole rings is 1. The molecule has 10 heteroatoms. The average molecular weight is 532 g/mol. The minimum Gasteiger partial charge on any atom is -0.457 e. The highest BCUT2D eigenvalue weighted by Crippen LogP contribution is 2.15. The summed E-state index contributed by atoms with van der Waals surface area (Å²) in [5, 5.41) is 15.5. The van der Waals surface area contributed by atoms with Gasteiger partial charge in [-0.15, -0.1) is 11.3 Å². The van der Waals surface area contributed by atoms with Crippen LogP contribution in [0.25, 0.3) is 11.8 Å². The van der Waals surface area contributed by atoms with E-state index in [2.05, 4.69) is 17.2 Å². The highest BCUT2D eigenvalue weighted by Gasteiger charge is 2.16. The number of amides is 1. The number of hydrogen-bond acceptors (Lipinski definition) is 8. The number of aromatic nitrogens is 1. The molecule has 0 aliphatic rings. The smallest absolute Gasteiger partial charge is 0.352 e. The fourth-order valence-corrected chi connectivity index (χ4v) is 4.69. The second-order valence-corrected chi connectivity index (χ2v) is 9.30. The molecule has 0 spiro atoms. The van der Waals surface area contributed by atoms with Crippen molar-refractivity contribution in [3.05, 3.63) is 92.4 Å². The summed E-state index contributed by atoms with van der Waals surface area (Å²) in [5.74, 6) is -0.964. The zero-order valence-corrected chi connectivity index (χ0v) is 22.1. The molecule has 3 rings (SSSR count). The van der Waals surface area contributed by atoms with Gasteiger partial charge in [0.1, 0.15) is 21.9 Å². The third-order valence-electron chi connectivity index (χ3n) is 5.31. The van der Waals surface area contributed by atoms with Crippen LogP contribution in [0.4, 0.5) is 11.4 Å². The first-order valence-corrected chi connectivity index (χ1v) is 12.7. The van der Waals surface area contributed by atoms with Crippen molar-refractivity contribution in [1.82, 2.24) is 9.47 Å². The van der Waals surface area contributed by atoms with Gasteiger partial charge in [-0.05, 0) is 37.7 Å². The highest BCUT2D eigenvalue weighted by molar-refractivity contribution is 7.07. The summed E-state index contributed by atoms with van der Waals surface area (Å²) < 4.78 is 6.88. The average Bonchev–Trinajstić information content (AvgIpc) is 3.21. The van der Waals surface area contributed by atoms with Gasteiger partial charge in [0.25, 0.3) is 5.56 Å². The second-order valence-electron chi connectivity index (χ2n) is 8.27. The van der Waals surface area contributed by atoms with E-state index in [1.807, 2.05) is 48.3 Å². The normalized spacial score (nSPS) is 12.0. The van der Waals surface area contributed by atoms with E-state index in [1.165, 1.54) is 16.8 Å². The summed E-state index contributed by atoms with van der Waals surface area (Å²) >= 11 is 1.02. The summed E-state index contributed by atoms with van der Waals surface area (Å²) in [6, 6.07) is 18.9. The van der Waals surface area contributed by atoms with Gasteiger partial charge in [-0.25, -0.2) is 4.79 Å². The molecule has 0 radical (unpaired) electrons. The lowest BCUT2D eigenvalue weighted by Crippen LogP contribution is -2.32. The van der Waals surface area contributed by atoms with E-state index in [0.29, 0.717) is 22.5 Å². The van der Waals surface area contributed by atoms with Crippen LogP contribution in [0.1, 0.15) is 12.5 Å². The van der Waals surface area contributed by atoms with Gasteiger partial charge < -0.3 is 15.4 Å². The maximum Gasteiger partial charge on any atom is 0.352 e. The fraction of sp³-hybridized carbons (Fsp3) is 0.214. The molecule has 0 saturated carbocycles. The van der Waals surface area contributed by atoms with Crippen LogP contribution in [-0.2, 0) is 27.4 Å². The van der Waals surface area contributed by atoms with Crippen LogP contribution in [0, 0.1) is 11.3 Å². The predicted molar refractivity (Wildman–Crippen MR) is 150 cm³/mol. The molecule has 2 N–H and O–H groups in total. The van der Waals surface area contributed by atoms with E-state index in [9.17, 15) is 19.6 Å². The largest absolute Gasteiger partial charge is 0.457 e. The lowest BCUT2D eigenvalue weighted by Gasteiger charge is -2.16. The van der Waals surface area contributed by atoms with Gasteiger partial charge in [-0.3, -0.25) is 19.1 Å². The standard InChI is InChI=1S/C28H29N5O4S/c1-4-14-37-28(36)23(16-29)27-33(5-2)26(35)24(38-27)17-30-21-12-9-13-22(15-21)31-25(34)19-32(3)18-20-10-7-6-8-11-20/h4,6-13,15,17,30H,1,5,14,18-19H2,2-3H3,(H,31,34)/b24-17+,27-23-. The van der Waals surface area contributed by atoms with Crippen LogP contribution < -0.4 is 25.4 Å². The van der Waals surface area contributed by atoms with Crippen molar-refractivity contribution >= 4 is 46.4 Å². The number of hydrogen-bond donors (Lipinski definition) is 2. The third kappa shape index (κ3) is 7.52. The highest BCUT2D eigenvalue weighted by atomic mass is 32.1. The Balaban J connectivity index is 1.75. The monoisotopic (exact) mass is 531 g/mol. The van der Waals surface area contributed by atoms with Crippen molar-refractivity contribution in [2.24, 2.45) is 0 Å². The summed E-state index contributed by atoms with van der Waals surface area (Å²) in [6.07, 6.45) is 2.91. The summed E-state index contributed by atoms with van der Waals surface area (Å²) in [5.41, 5.74) is 1.79. The van der Waals surface area contributed by atoms with Crippen molar-refractivity contribution in [2.75, 3.05) is 30.8 Å². The molecule has 196 valence electrons. The molecule has 0 aliphatic carbocycles. The van der Waals surface area contributed by atoms with Gasteiger partial charge in [0.05, 0.1) is 6.54 Å². The number of ether oxygens (including phenoxy) is 1. The van der Waals surface area contributed by atoms with Crippen LogP contribution in [-0.4, -0.2) is 41.5 Å². The Morgan fingerprint density at radius 2 is 1.92 bits per heavy atom. The van der Waals surface area contributed by atoms with Gasteiger partial charge in [0, 0.05) is 30.7 Å². The predicted octanol–water partition coefficient (Wildman–Crippen LogP) is 2.25. The van der Waals surface area contributed by atoms with E-state index in [1.54, 1.807) is 31.2 Å². The van der Waals surface area contributed by atoms with Crippen molar-refractivity contribution in [2.45, 2.75) is 20.0 Å². The molecular weight excluding hydrogens is 502 g/mol. The maximum atomic E-state index is 12.9. The number of anilines is 2. The molecule has 1 amide bonds. The Bertz CT molecular complexity index is 1520. The Morgan fingerprint density at radius 1 is 1.18 bits per heavy atom. The van der Waals surface area contributed by atoms with E-state index in [0.717, 1.165) is 16.9 Å². The lowest BCUT2D eigenvalue weighted by atomic mass is 10.2. The van der Waals surface area contributed by atoms with Gasteiger partial charge in [-0.1, -0.05) is 49.1 Å². The zero-order chi connectivity index (χ0) is 27.5. The minimum atomic E-state index is -0.812. The van der Waals surface area contributed by atoms with E-state index < -0.39 is 5.97 Å². The number of carbonyl (C=O) groups is 2. The quantitative estimate of drug-likeness (QED) is 0.288. The molecule has 0 aliphatic heterocycles. The van der Waals surface area contributed by atoms with Gasteiger partial charge in [0.2, 0.25) is 5.91 Å². The summed E-state index contributed by atoms with van der Waals surface area (Å²) in [4.78, 5) is 39.6. The number of esters is 1. The van der Waals surface area contributed by atoms with Crippen LogP contribution >= 0.6 is 11.3 Å². The van der Waals surface area contributed by atoms with Gasteiger partial charge in [-0.2, -0.15) is 5.26 Å². The van der Waals surface area contributed by atoms with E-state index >= 15 is 0 Å². The number of carbonyl (C=O) groups excluding carboxylic acids is 2. The number of nitrogens with zero attached hydrogens (tertiary/aromatic N) is 3.